The lowest BCUT2D eigenvalue weighted by Gasteiger charge is -2.43. The van der Waals surface area contributed by atoms with Crippen molar-refractivity contribution in [1.82, 2.24) is 5.32 Å². The minimum Gasteiger partial charge on any atom is -0.313 e. The van der Waals surface area contributed by atoms with Crippen molar-refractivity contribution in [2.45, 2.75) is 45.6 Å². The first kappa shape index (κ1) is 12.1. The van der Waals surface area contributed by atoms with Gasteiger partial charge in [0, 0.05) is 6.04 Å². The van der Waals surface area contributed by atoms with Crippen LogP contribution in [0.5, 0.6) is 0 Å². The molecule has 2 atom stereocenters. The molecule has 2 rings (SSSR count). The van der Waals surface area contributed by atoms with Crippen molar-refractivity contribution in [3.05, 3.63) is 22.4 Å². The van der Waals surface area contributed by atoms with Gasteiger partial charge in [-0.1, -0.05) is 26.7 Å². The van der Waals surface area contributed by atoms with Gasteiger partial charge in [0.25, 0.3) is 0 Å². The summed E-state index contributed by atoms with van der Waals surface area (Å²) in [6, 6.07) is 2.82. The minimum atomic E-state index is 0.480. The maximum atomic E-state index is 3.54. The van der Waals surface area contributed by atoms with Crippen molar-refractivity contribution in [1.29, 1.82) is 0 Å². The molecule has 16 heavy (non-hydrogen) atoms. The van der Waals surface area contributed by atoms with Gasteiger partial charge in [0.1, 0.15) is 0 Å². The molecule has 1 nitrogen and oxygen atoms in total. The summed E-state index contributed by atoms with van der Waals surface area (Å²) in [4.78, 5) is 0. The second-order valence-electron chi connectivity index (χ2n) is 5.66. The predicted molar refractivity (Wildman–Crippen MR) is 71.9 cm³/mol. The highest BCUT2D eigenvalue weighted by Gasteiger charge is 2.37. The third-order valence-corrected chi connectivity index (χ3v) is 4.91. The van der Waals surface area contributed by atoms with Crippen molar-refractivity contribution in [2.24, 2.45) is 11.3 Å². The van der Waals surface area contributed by atoms with E-state index in [1.807, 2.05) is 11.3 Å². The summed E-state index contributed by atoms with van der Waals surface area (Å²) in [7, 11) is 2.10. The number of hydrogen-bond donors (Lipinski definition) is 1. The van der Waals surface area contributed by atoms with Crippen LogP contribution in [0.3, 0.4) is 0 Å². The largest absolute Gasteiger partial charge is 0.313 e. The van der Waals surface area contributed by atoms with Crippen LogP contribution in [0, 0.1) is 11.3 Å². The van der Waals surface area contributed by atoms with Crippen LogP contribution < -0.4 is 5.32 Å². The second kappa shape index (κ2) is 4.89. The van der Waals surface area contributed by atoms with E-state index in [4.69, 9.17) is 0 Å². The Kier molecular flexibility index (Phi) is 3.70. The molecule has 90 valence electrons. The average Bonchev–Trinajstić information content (AvgIpc) is 2.75. The Bertz CT molecular complexity index is 315. The molecule has 0 aliphatic heterocycles. The summed E-state index contributed by atoms with van der Waals surface area (Å²) in [5.41, 5.74) is 1.96. The summed E-state index contributed by atoms with van der Waals surface area (Å²) in [6.45, 7) is 4.88. The van der Waals surface area contributed by atoms with Crippen LogP contribution in [0.25, 0.3) is 0 Å². The van der Waals surface area contributed by atoms with Gasteiger partial charge < -0.3 is 5.32 Å². The van der Waals surface area contributed by atoms with Gasteiger partial charge in [-0.15, -0.1) is 0 Å². The number of hydrogen-bond acceptors (Lipinski definition) is 2. The molecule has 1 saturated carbocycles. The maximum absolute atomic E-state index is 3.54. The molecule has 1 heterocycles. The first-order valence-corrected chi connectivity index (χ1v) is 7.29. The Morgan fingerprint density at radius 3 is 2.81 bits per heavy atom. The number of nitrogens with one attached hydrogen (secondary N) is 1. The van der Waals surface area contributed by atoms with E-state index < -0.39 is 0 Å². The molecule has 1 aliphatic carbocycles. The van der Waals surface area contributed by atoms with Crippen LogP contribution in [0.15, 0.2) is 16.8 Å². The molecule has 0 saturated heterocycles. The number of rotatable bonds is 3. The van der Waals surface area contributed by atoms with E-state index in [0.717, 1.165) is 5.92 Å². The highest BCUT2D eigenvalue weighted by molar-refractivity contribution is 7.07. The van der Waals surface area contributed by atoms with Crippen LogP contribution in [0.1, 0.15) is 51.1 Å². The molecule has 0 radical (unpaired) electrons. The van der Waals surface area contributed by atoms with E-state index >= 15 is 0 Å². The van der Waals surface area contributed by atoms with E-state index in [2.05, 4.69) is 43.0 Å². The fraction of sp³-hybridized carbons (Fsp3) is 0.714. The normalized spacial score (nSPS) is 26.6. The van der Waals surface area contributed by atoms with Crippen molar-refractivity contribution < 1.29 is 0 Å². The van der Waals surface area contributed by atoms with Crippen molar-refractivity contribution >= 4 is 11.3 Å². The third kappa shape index (κ3) is 2.33. The molecule has 2 unspecified atom stereocenters. The van der Waals surface area contributed by atoms with Crippen LogP contribution in [0.4, 0.5) is 0 Å². The molecule has 2 heteroatoms. The topological polar surface area (TPSA) is 12.0 Å². The summed E-state index contributed by atoms with van der Waals surface area (Å²) < 4.78 is 0. The van der Waals surface area contributed by atoms with Gasteiger partial charge in [0.05, 0.1) is 0 Å². The molecule has 1 aromatic rings. The van der Waals surface area contributed by atoms with Crippen LogP contribution >= 0.6 is 11.3 Å². The lowest BCUT2D eigenvalue weighted by molar-refractivity contribution is 0.101. The molecule has 0 bridgehead atoms. The highest BCUT2D eigenvalue weighted by atomic mass is 32.1. The average molecular weight is 237 g/mol. The Hall–Kier alpha value is -0.340. The zero-order chi connectivity index (χ0) is 11.6. The van der Waals surface area contributed by atoms with E-state index in [9.17, 15) is 0 Å². The lowest BCUT2D eigenvalue weighted by Crippen LogP contribution is -2.37. The Labute approximate surface area is 103 Å². The Balaban J connectivity index is 2.20. The molecule has 0 aromatic carbocycles. The van der Waals surface area contributed by atoms with Crippen molar-refractivity contribution in [3.63, 3.8) is 0 Å². The smallest absolute Gasteiger partial charge is 0.0359 e. The van der Waals surface area contributed by atoms with Crippen LogP contribution in [-0.4, -0.2) is 7.05 Å². The summed E-state index contributed by atoms with van der Waals surface area (Å²) >= 11 is 1.81. The van der Waals surface area contributed by atoms with E-state index in [1.54, 1.807) is 0 Å². The van der Waals surface area contributed by atoms with Crippen LogP contribution in [0.2, 0.25) is 0 Å². The van der Waals surface area contributed by atoms with Crippen LogP contribution in [-0.2, 0) is 0 Å². The number of thiophene rings is 1. The quantitative estimate of drug-likeness (QED) is 0.829. The molecule has 0 spiro atoms. The first-order chi connectivity index (χ1) is 7.65. The van der Waals surface area contributed by atoms with Gasteiger partial charge in [-0.25, -0.2) is 0 Å². The first-order valence-electron chi connectivity index (χ1n) is 6.34. The van der Waals surface area contributed by atoms with E-state index in [-0.39, 0.29) is 0 Å². The van der Waals surface area contributed by atoms with E-state index in [0.29, 0.717) is 11.5 Å². The summed E-state index contributed by atoms with van der Waals surface area (Å²) in [5, 5.41) is 8.02. The molecular formula is C14H23NS. The zero-order valence-electron chi connectivity index (χ0n) is 10.6. The molecule has 1 aliphatic rings. The van der Waals surface area contributed by atoms with Crippen molar-refractivity contribution in [2.75, 3.05) is 7.05 Å². The van der Waals surface area contributed by atoms with Gasteiger partial charge in [0.15, 0.2) is 0 Å². The fourth-order valence-electron chi connectivity index (χ4n) is 3.19. The Morgan fingerprint density at radius 1 is 1.44 bits per heavy atom. The Morgan fingerprint density at radius 2 is 2.25 bits per heavy atom. The molecule has 0 amide bonds. The standard InChI is InChI=1S/C14H23NS/c1-14(2)8-5-4-6-12(14)13(15-3)11-7-9-16-10-11/h7,9-10,12-13,15H,4-6,8H2,1-3H3. The molecule has 1 fully saturated rings. The summed E-state index contributed by atoms with van der Waals surface area (Å²) in [6.07, 6.45) is 5.55. The van der Waals surface area contributed by atoms with Gasteiger partial charge >= 0.3 is 0 Å². The second-order valence-corrected chi connectivity index (χ2v) is 6.44. The SMILES string of the molecule is CNC(c1ccsc1)C1CCCCC1(C)C. The van der Waals surface area contributed by atoms with Gasteiger partial charge in [-0.3, -0.25) is 0 Å². The predicted octanol–water partition coefficient (Wildman–Crippen LogP) is 4.23. The van der Waals surface area contributed by atoms with Gasteiger partial charge in [0.2, 0.25) is 0 Å². The monoisotopic (exact) mass is 237 g/mol. The highest BCUT2D eigenvalue weighted by Crippen LogP contribution is 2.46. The molecule has 1 N–H and O–H groups in total. The minimum absolute atomic E-state index is 0.480. The maximum Gasteiger partial charge on any atom is 0.0359 e. The van der Waals surface area contributed by atoms with Crippen molar-refractivity contribution in [3.8, 4) is 0 Å². The van der Waals surface area contributed by atoms with Gasteiger partial charge in [-0.05, 0) is 53.6 Å². The van der Waals surface area contributed by atoms with Gasteiger partial charge in [-0.2, -0.15) is 11.3 Å². The fourth-order valence-corrected chi connectivity index (χ4v) is 3.89. The third-order valence-electron chi connectivity index (χ3n) is 4.21. The summed E-state index contributed by atoms with van der Waals surface area (Å²) in [5.74, 6) is 0.779. The molecule has 1 aromatic heterocycles. The van der Waals surface area contributed by atoms with E-state index in [1.165, 1.54) is 31.2 Å². The lowest BCUT2D eigenvalue weighted by atomic mass is 9.65. The molecular weight excluding hydrogens is 214 g/mol. The zero-order valence-corrected chi connectivity index (χ0v) is 11.4.